The van der Waals surface area contributed by atoms with E-state index in [-0.39, 0.29) is 0 Å². The number of nitrogens with one attached hydrogen (secondary N) is 2. The highest BCUT2D eigenvalue weighted by molar-refractivity contribution is 9.10. The molecule has 0 spiro atoms. The molecular formula is C18H18BrN3O5. The molecule has 2 rings (SSSR count). The number of carboxylic acids is 1. The largest absolute Gasteiger partial charge is 0.493 e. The average molecular weight is 436 g/mol. The monoisotopic (exact) mass is 435 g/mol. The summed E-state index contributed by atoms with van der Waals surface area (Å²) in [5.41, 5.74) is 3.60. The number of rotatable bonds is 7. The number of benzene rings is 2. The van der Waals surface area contributed by atoms with Crippen molar-refractivity contribution in [3.8, 4) is 11.5 Å². The zero-order valence-corrected chi connectivity index (χ0v) is 16.2. The number of urea groups is 1. The van der Waals surface area contributed by atoms with E-state index < -0.39 is 18.1 Å². The van der Waals surface area contributed by atoms with Gasteiger partial charge < -0.3 is 19.9 Å². The van der Waals surface area contributed by atoms with Gasteiger partial charge in [0.05, 0.1) is 13.3 Å². The quantitative estimate of drug-likeness (QED) is 0.455. The number of hydrogen-bond donors (Lipinski definition) is 3. The van der Waals surface area contributed by atoms with Crippen LogP contribution in [0.3, 0.4) is 0 Å². The van der Waals surface area contributed by atoms with Gasteiger partial charge in [-0.15, -0.1) is 0 Å². The Labute approximate surface area is 164 Å². The Morgan fingerprint density at radius 2 is 2.00 bits per heavy atom. The van der Waals surface area contributed by atoms with Gasteiger partial charge in [0, 0.05) is 10.2 Å². The topological polar surface area (TPSA) is 109 Å². The van der Waals surface area contributed by atoms with Crippen LogP contribution in [-0.4, -0.2) is 36.5 Å². The molecule has 2 amide bonds. The molecule has 2 aromatic carbocycles. The first-order valence-corrected chi connectivity index (χ1v) is 8.61. The van der Waals surface area contributed by atoms with Crippen molar-refractivity contribution in [2.45, 2.75) is 13.0 Å². The second kappa shape index (κ2) is 9.58. The number of hydrazone groups is 1. The van der Waals surface area contributed by atoms with E-state index in [4.69, 9.17) is 14.6 Å². The van der Waals surface area contributed by atoms with Gasteiger partial charge in [0.1, 0.15) is 0 Å². The summed E-state index contributed by atoms with van der Waals surface area (Å²) in [7, 11) is 1.44. The maximum absolute atomic E-state index is 11.8. The molecule has 0 saturated carbocycles. The molecule has 0 radical (unpaired) electrons. The van der Waals surface area contributed by atoms with Crippen LogP contribution in [0.4, 0.5) is 10.5 Å². The summed E-state index contributed by atoms with van der Waals surface area (Å²) in [6, 6.07) is 11.5. The van der Waals surface area contributed by atoms with Crippen LogP contribution in [-0.2, 0) is 4.79 Å². The number of hydrogen-bond acceptors (Lipinski definition) is 5. The third kappa shape index (κ3) is 6.30. The van der Waals surface area contributed by atoms with E-state index in [0.717, 1.165) is 4.47 Å². The Hall–Kier alpha value is -3.07. The van der Waals surface area contributed by atoms with Crippen molar-refractivity contribution >= 4 is 39.8 Å². The Balaban J connectivity index is 1.97. The summed E-state index contributed by atoms with van der Waals surface area (Å²) in [5.74, 6) is -0.432. The fourth-order valence-electron chi connectivity index (χ4n) is 1.99. The van der Waals surface area contributed by atoms with E-state index in [1.165, 1.54) is 20.2 Å². The highest BCUT2D eigenvalue weighted by Gasteiger charge is 2.15. The number of amides is 2. The molecule has 2 aromatic rings. The molecule has 9 heteroatoms. The molecule has 0 saturated heterocycles. The fraction of sp³-hybridized carbons (Fsp3) is 0.167. The molecule has 8 nitrogen and oxygen atoms in total. The lowest BCUT2D eigenvalue weighted by Crippen LogP contribution is -2.24. The molecular weight excluding hydrogens is 418 g/mol. The Bertz CT molecular complexity index is 857. The van der Waals surface area contributed by atoms with Crippen LogP contribution < -0.4 is 20.2 Å². The number of methoxy groups -OCH3 is 1. The van der Waals surface area contributed by atoms with Crippen LogP contribution in [0.5, 0.6) is 11.5 Å². The Morgan fingerprint density at radius 1 is 1.22 bits per heavy atom. The van der Waals surface area contributed by atoms with Crippen LogP contribution in [0.1, 0.15) is 12.5 Å². The second-order valence-electron chi connectivity index (χ2n) is 5.34. The van der Waals surface area contributed by atoms with Crippen molar-refractivity contribution in [2.24, 2.45) is 5.10 Å². The van der Waals surface area contributed by atoms with Crippen molar-refractivity contribution in [3.05, 3.63) is 52.5 Å². The van der Waals surface area contributed by atoms with Gasteiger partial charge in [0.2, 0.25) is 0 Å². The summed E-state index contributed by atoms with van der Waals surface area (Å²) >= 11 is 3.32. The third-order valence-corrected chi connectivity index (χ3v) is 3.79. The first-order chi connectivity index (χ1) is 12.9. The number of carbonyl (C=O) groups excluding carboxylic acids is 1. The van der Waals surface area contributed by atoms with E-state index in [1.807, 2.05) is 6.07 Å². The zero-order chi connectivity index (χ0) is 19.8. The minimum Gasteiger partial charge on any atom is -0.493 e. The van der Waals surface area contributed by atoms with Crippen LogP contribution in [0, 0.1) is 0 Å². The predicted octanol–water partition coefficient (Wildman–Crippen LogP) is 3.47. The molecule has 0 aromatic heterocycles. The Morgan fingerprint density at radius 3 is 2.67 bits per heavy atom. The first-order valence-electron chi connectivity index (χ1n) is 7.82. The van der Waals surface area contributed by atoms with Gasteiger partial charge in [-0.25, -0.2) is 15.0 Å². The van der Waals surface area contributed by atoms with Crippen LogP contribution >= 0.6 is 15.9 Å². The number of ether oxygens (including phenoxy) is 2. The number of carboxylic acid groups (broad SMARTS) is 1. The molecule has 27 heavy (non-hydrogen) atoms. The SMILES string of the molecule is COc1cc(/C=N/NC(=O)Nc2cccc(Br)c2)ccc1O[C@@H](C)C(=O)O. The van der Waals surface area contributed by atoms with Gasteiger partial charge in [-0.1, -0.05) is 22.0 Å². The summed E-state index contributed by atoms with van der Waals surface area (Å²) in [5, 5.41) is 15.4. The molecule has 0 aliphatic rings. The number of nitrogens with zero attached hydrogens (tertiary/aromatic N) is 1. The van der Waals surface area contributed by atoms with Crippen LogP contribution in [0.15, 0.2) is 52.0 Å². The predicted molar refractivity (Wildman–Crippen MR) is 105 cm³/mol. The van der Waals surface area contributed by atoms with E-state index >= 15 is 0 Å². The van der Waals surface area contributed by atoms with Crippen molar-refractivity contribution < 1.29 is 24.2 Å². The highest BCUT2D eigenvalue weighted by atomic mass is 79.9. The lowest BCUT2D eigenvalue weighted by atomic mass is 10.2. The number of aliphatic carboxylic acids is 1. The molecule has 0 unspecified atom stereocenters. The summed E-state index contributed by atoms with van der Waals surface area (Å²) in [6.45, 7) is 1.42. The summed E-state index contributed by atoms with van der Waals surface area (Å²) in [6.07, 6.45) is 0.412. The standard InChI is InChI=1S/C18H18BrN3O5/c1-11(17(23)24)27-15-7-6-12(8-16(15)26-2)10-20-22-18(25)21-14-5-3-4-13(19)9-14/h3-11H,1-2H3,(H,23,24)(H2,21,22,25)/b20-10+/t11-/m0/s1. The van der Waals surface area contributed by atoms with Crippen LogP contribution in [0.25, 0.3) is 0 Å². The van der Waals surface area contributed by atoms with Crippen molar-refractivity contribution in [1.29, 1.82) is 0 Å². The van der Waals surface area contributed by atoms with E-state index in [1.54, 1.807) is 36.4 Å². The van der Waals surface area contributed by atoms with Gasteiger partial charge in [0.15, 0.2) is 17.6 Å². The van der Waals surface area contributed by atoms with Gasteiger partial charge in [0.25, 0.3) is 0 Å². The lowest BCUT2D eigenvalue weighted by Gasteiger charge is -2.14. The number of halogens is 1. The lowest BCUT2D eigenvalue weighted by molar-refractivity contribution is -0.144. The van der Waals surface area contributed by atoms with Gasteiger partial charge in [-0.2, -0.15) is 5.10 Å². The van der Waals surface area contributed by atoms with Gasteiger partial charge in [-0.05, 0) is 48.9 Å². The van der Waals surface area contributed by atoms with Crippen LogP contribution in [0.2, 0.25) is 0 Å². The molecule has 1 atom stereocenters. The molecule has 142 valence electrons. The maximum Gasteiger partial charge on any atom is 0.344 e. The van der Waals surface area contributed by atoms with Crippen molar-refractivity contribution in [1.82, 2.24) is 5.43 Å². The minimum absolute atomic E-state index is 0.296. The summed E-state index contributed by atoms with van der Waals surface area (Å²) in [4.78, 5) is 22.7. The average Bonchev–Trinajstić information content (AvgIpc) is 2.62. The maximum atomic E-state index is 11.8. The zero-order valence-electron chi connectivity index (χ0n) is 14.6. The first kappa shape index (κ1) is 20.2. The second-order valence-corrected chi connectivity index (χ2v) is 6.26. The summed E-state index contributed by atoms with van der Waals surface area (Å²) < 4.78 is 11.4. The van der Waals surface area contributed by atoms with Gasteiger partial charge >= 0.3 is 12.0 Å². The third-order valence-electron chi connectivity index (χ3n) is 3.30. The van der Waals surface area contributed by atoms with Crippen molar-refractivity contribution in [3.63, 3.8) is 0 Å². The molecule has 3 N–H and O–H groups in total. The van der Waals surface area contributed by atoms with E-state index in [9.17, 15) is 9.59 Å². The van der Waals surface area contributed by atoms with E-state index in [0.29, 0.717) is 22.7 Å². The van der Waals surface area contributed by atoms with Gasteiger partial charge in [-0.3, -0.25) is 0 Å². The normalized spacial score (nSPS) is 11.7. The van der Waals surface area contributed by atoms with E-state index in [2.05, 4.69) is 31.8 Å². The fourth-order valence-corrected chi connectivity index (χ4v) is 2.39. The number of anilines is 1. The molecule has 0 heterocycles. The molecule has 0 fully saturated rings. The smallest absolute Gasteiger partial charge is 0.344 e. The Kier molecular flexibility index (Phi) is 7.18. The van der Waals surface area contributed by atoms with Crippen molar-refractivity contribution in [2.75, 3.05) is 12.4 Å². The molecule has 0 bridgehead atoms. The molecule has 0 aliphatic heterocycles. The minimum atomic E-state index is -1.08. The number of carbonyl (C=O) groups is 2. The highest BCUT2D eigenvalue weighted by Crippen LogP contribution is 2.28. The molecule has 0 aliphatic carbocycles.